The highest BCUT2D eigenvalue weighted by Crippen LogP contribution is 2.54. The maximum atomic E-state index is 10.4. The molecule has 0 aromatic carbocycles. The average molecular weight is 333 g/mol. The van der Waals surface area contributed by atoms with E-state index in [1.54, 1.807) is 0 Å². The summed E-state index contributed by atoms with van der Waals surface area (Å²) in [6.45, 7) is 8.53. The number of halogens is 1. The van der Waals surface area contributed by atoms with Gasteiger partial charge in [-0.05, 0) is 59.3 Å². The average Bonchev–Trinajstić information content (AvgIpc) is 2.42. The molecule has 4 fully saturated rings. The van der Waals surface area contributed by atoms with E-state index in [-0.39, 0.29) is 28.2 Å². The SMILES string of the molecule is CC1(C)OC2(C)C(CC1Br)O[C@@]1(C)CC[C@@H]2CC1O. The van der Waals surface area contributed by atoms with Crippen molar-refractivity contribution in [1.29, 1.82) is 0 Å². The van der Waals surface area contributed by atoms with Gasteiger partial charge in [-0.25, -0.2) is 0 Å². The van der Waals surface area contributed by atoms with Gasteiger partial charge in [0, 0.05) is 4.83 Å². The first kappa shape index (κ1) is 14.3. The van der Waals surface area contributed by atoms with Crippen molar-refractivity contribution >= 4 is 15.9 Å². The highest BCUT2D eigenvalue weighted by atomic mass is 79.9. The lowest BCUT2D eigenvalue weighted by Crippen LogP contribution is -2.60. The van der Waals surface area contributed by atoms with Gasteiger partial charge in [-0.1, -0.05) is 15.9 Å². The van der Waals surface area contributed by atoms with Crippen molar-refractivity contribution in [2.24, 2.45) is 5.92 Å². The number of rotatable bonds is 0. The Bertz CT molecular complexity index is 386. The summed E-state index contributed by atoms with van der Waals surface area (Å²) in [4.78, 5) is 0.288. The van der Waals surface area contributed by atoms with E-state index in [4.69, 9.17) is 9.47 Å². The van der Waals surface area contributed by atoms with Crippen molar-refractivity contribution in [2.75, 3.05) is 0 Å². The molecule has 6 atom stereocenters. The molecule has 1 N–H and O–H groups in total. The van der Waals surface area contributed by atoms with Gasteiger partial charge in [0.15, 0.2) is 0 Å². The second kappa shape index (κ2) is 4.19. The van der Waals surface area contributed by atoms with Crippen LogP contribution >= 0.6 is 15.9 Å². The van der Waals surface area contributed by atoms with Crippen LogP contribution in [-0.2, 0) is 9.47 Å². The van der Waals surface area contributed by atoms with Crippen molar-refractivity contribution in [1.82, 2.24) is 0 Å². The summed E-state index contributed by atoms with van der Waals surface area (Å²) < 4.78 is 12.9. The normalized spacial score (nSPS) is 56.5. The number of alkyl halides is 1. The van der Waals surface area contributed by atoms with Crippen molar-refractivity contribution in [3.05, 3.63) is 0 Å². The van der Waals surface area contributed by atoms with E-state index in [2.05, 4.69) is 43.6 Å². The van der Waals surface area contributed by atoms with Crippen molar-refractivity contribution < 1.29 is 14.6 Å². The van der Waals surface area contributed by atoms with Crippen molar-refractivity contribution in [3.63, 3.8) is 0 Å². The Morgan fingerprint density at radius 3 is 2.47 bits per heavy atom. The smallest absolute Gasteiger partial charge is 0.0952 e. The fourth-order valence-electron chi connectivity index (χ4n) is 4.16. The van der Waals surface area contributed by atoms with E-state index in [0.29, 0.717) is 5.92 Å². The van der Waals surface area contributed by atoms with E-state index >= 15 is 0 Å². The van der Waals surface area contributed by atoms with Gasteiger partial charge in [0.2, 0.25) is 0 Å². The van der Waals surface area contributed by atoms with E-state index in [1.165, 1.54) is 0 Å². The molecule has 3 heterocycles. The molecular weight excluding hydrogens is 308 g/mol. The molecule has 3 nitrogen and oxygen atoms in total. The minimum atomic E-state index is -0.392. The molecule has 1 saturated carbocycles. The monoisotopic (exact) mass is 332 g/mol. The number of hydrogen-bond acceptors (Lipinski definition) is 3. The molecule has 0 spiro atoms. The summed E-state index contributed by atoms with van der Waals surface area (Å²) >= 11 is 3.75. The Morgan fingerprint density at radius 2 is 1.84 bits per heavy atom. The Kier molecular flexibility index (Phi) is 3.15. The maximum absolute atomic E-state index is 10.4. The van der Waals surface area contributed by atoms with Crippen LogP contribution in [0, 0.1) is 5.92 Å². The van der Waals surface area contributed by atoms with Gasteiger partial charge in [-0.2, -0.15) is 0 Å². The van der Waals surface area contributed by atoms with Crippen LogP contribution in [0.2, 0.25) is 0 Å². The highest BCUT2D eigenvalue weighted by molar-refractivity contribution is 9.09. The molecule has 4 unspecified atom stereocenters. The molecule has 0 aromatic rings. The number of fused-ring (bicyclic) bond motifs is 2. The van der Waals surface area contributed by atoms with Crippen LogP contribution in [0.15, 0.2) is 0 Å². The summed E-state index contributed by atoms with van der Waals surface area (Å²) in [6.07, 6.45) is 3.47. The van der Waals surface area contributed by atoms with Crippen LogP contribution in [0.25, 0.3) is 0 Å². The Labute approximate surface area is 124 Å². The third kappa shape index (κ3) is 2.02. The zero-order chi connectivity index (χ0) is 14.1. The van der Waals surface area contributed by atoms with Gasteiger partial charge in [-0.15, -0.1) is 0 Å². The zero-order valence-electron chi connectivity index (χ0n) is 12.3. The van der Waals surface area contributed by atoms with E-state index in [0.717, 1.165) is 25.7 Å². The number of ether oxygens (including phenoxy) is 2. The molecule has 4 rings (SSSR count). The second-order valence-corrected chi connectivity index (χ2v) is 8.60. The van der Waals surface area contributed by atoms with Gasteiger partial charge in [-0.3, -0.25) is 0 Å². The van der Waals surface area contributed by atoms with Crippen molar-refractivity contribution in [2.45, 2.75) is 87.2 Å². The van der Waals surface area contributed by atoms with Crippen LogP contribution in [-0.4, -0.2) is 38.9 Å². The van der Waals surface area contributed by atoms with Crippen LogP contribution < -0.4 is 0 Å². The molecule has 1 aliphatic carbocycles. The predicted molar refractivity (Wildman–Crippen MR) is 77.5 cm³/mol. The number of aliphatic hydroxyl groups excluding tert-OH is 1. The first-order valence-electron chi connectivity index (χ1n) is 7.37. The van der Waals surface area contributed by atoms with Gasteiger partial charge in [0.1, 0.15) is 0 Å². The maximum Gasteiger partial charge on any atom is 0.0952 e. The van der Waals surface area contributed by atoms with Crippen LogP contribution in [0.3, 0.4) is 0 Å². The Hall–Kier alpha value is 0.360. The molecule has 0 amide bonds. The summed E-state index contributed by atoms with van der Waals surface area (Å²) in [5, 5.41) is 10.4. The summed E-state index contributed by atoms with van der Waals surface area (Å²) in [5.74, 6) is 0.391. The summed E-state index contributed by atoms with van der Waals surface area (Å²) in [7, 11) is 0. The van der Waals surface area contributed by atoms with Crippen LogP contribution in [0.5, 0.6) is 0 Å². The summed E-state index contributed by atoms with van der Waals surface area (Å²) in [5.41, 5.74) is -0.859. The van der Waals surface area contributed by atoms with Crippen LogP contribution in [0.4, 0.5) is 0 Å². The fourth-order valence-corrected chi connectivity index (χ4v) is 4.59. The fraction of sp³-hybridized carbons (Fsp3) is 1.00. The first-order valence-corrected chi connectivity index (χ1v) is 8.29. The third-order valence-corrected chi connectivity index (χ3v) is 7.20. The molecule has 3 aliphatic heterocycles. The lowest BCUT2D eigenvalue weighted by Gasteiger charge is -2.52. The predicted octanol–water partition coefficient (Wildman–Crippen LogP) is 3.03. The molecule has 4 heteroatoms. The van der Waals surface area contributed by atoms with E-state index in [1.807, 2.05) is 0 Å². The van der Waals surface area contributed by atoms with E-state index in [9.17, 15) is 5.11 Å². The second-order valence-electron chi connectivity index (χ2n) is 7.50. The largest absolute Gasteiger partial charge is 0.390 e. The molecule has 4 aliphatic rings. The Morgan fingerprint density at radius 1 is 1.16 bits per heavy atom. The molecule has 3 saturated heterocycles. The molecule has 110 valence electrons. The van der Waals surface area contributed by atoms with E-state index < -0.39 is 5.60 Å². The highest BCUT2D eigenvalue weighted by Gasteiger charge is 2.60. The number of hydrogen-bond donors (Lipinski definition) is 1. The molecular formula is C15H25BrO3. The van der Waals surface area contributed by atoms with Gasteiger partial charge in [0.25, 0.3) is 0 Å². The van der Waals surface area contributed by atoms with Crippen molar-refractivity contribution in [3.8, 4) is 0 Å². The van der Waals surface area contributed by atoms with Gasteiger partial charge in [0.05, 0.1) is 29.0 Å². The molecule has 0 radical (unpaired) electrons. The zero-order valence-corrected chi connectivity index (χ0v) is 13.9. The Balaban J connectivity index is 1.99. The molecule has 0 aromatic heterocycles. The standard InChI is InChI=1S/C15H25BrO3/c1-13(2)10(16)8-12-15(4,19-13)9-5-6-14(3,18-12)11(17)7-9/h9-12,17H,5-8H2,1-4H3/t9-,10?,11?,12?,14+,15?/m1/s1. The molecule has 19 heavy (non-hydrogen) atoms. The minimum absolute atomic E-state index is 0.0690. The summed E-state index contributed by atoms with van der Waals surface area (Å²) in [6, 6.07) is 0. The quantitative estimate of drug-likeness (QED) is 0.693. The molecule has 2 bridgehead atoms. The minimum Gasteiger partial charge on any atom is -0.390 e. The topological polar surface area (TPSA) is 38.7 Å². The third-order valence-electron chi connectivity index (χ3n) is 5.72. The van der Waals surface area contributed by atoms with Gasteiger partial charge >= 0.3 is 0 Å². The lowest BCUT2D eigenvalue weighted by molar-refractivity contribution is -0.248. The van der Waals surface area contributed by atoms with Gasteiger partial charge < -0.3 is 14.6 Å². The van der Waals surface area contributed by atoms with Crippen LogP contribution in [0.1, 0.15) is 53.4 Å². The first-order chi connectivity index (χ1) is 8.67. The number of aliphatic hydroxyl groups is 1. The lowest BCUT2D eigenvalue weighted by atomic mass is 9.70.